The summed E-state index contributed by atoms with van der Waals surface area (Å²) in [6.07, 6.45) is 0. The second-order valence-corrected chi connectivity index (χ2v) is 10.9. The zero-order chi connectivity index (χ0) is 22.8. The molecule has 1 aliphatic heterocycles. The van der Waals surface area contributed by atoms with Crippen molar-refractivity contribution in [3.8, 4) is 0 Å². The van der Waals surface area contributed by atoms with Crippen molar-refractivity contribution >= 4 is 26.0 Å². The predicted octanol–water partition coefficient (Wildman–Crippen LogP) is 1.12. The highest BCUT2D eigenvalue weighted by Gasteiger charge is 2.33. The van der Waals surface area contributed by atoms with Gasteiger partial charge in [-0.1, -0.05) is 18.2 Å². The molecule has 31 heavy (non-hydrogen) atoms. The van der Waals surface area contributed by atoms with Crippen LogP contribution >= 0.6 is 0 Å². The number of hydrogen-bond acceptors (Lipinski definition) is 5. The second-order valence-electron chi connectivity index (χ2n) is 6.93. The molecule has 2 aromatic carbocycles. The fraction of sp³-hybridized carbons (Fsp3) is 0.316. The molecule has 2 aromatic rings. The van der Waals surface area contributed by atoms with Gasteiger partial charge in [-0.25, -0.2) is 25.6 Å². The number of halogens is 2. The van der Waals surface area contributed by atoms with Crippen LogP contribution in [-0.4, -0.2) is 76.0 Å². The number of piperazine rings is 1. The zero-order valence-electron chi connectivity index (χ0n) is 16.6. The monoisotopic (exact) mass is 473 g/mol. The van der Waals surface area contributed by atoms with Gasteiger partial charge in [0.2, 0.25) is 26.0 Å². The Morgan fingerprint density at radius 3 is 2.16 bits per heavy atom. The van der Waals surface area contributed by atoms with E-state index in [1.807, 2.05) is 0 Å². The normalized spacial score (nSPS) is 15.9. The van der Waals surface area contributed by atoms with Gasteiger partial charge >= 0.3 is 0 Å². The molecule has 1 amide bonds. The first-order valence-electron chi connectivity index (χ1n) is 9.28. The lowest BCUT2D eigenvalue weighted by atomic mass is 10.3. The summed E-state index contributed by atoms with van der Waals surface area (Å²) >= 11 is 0. The zero-order valence-corrected chi connectivity index (χ0v) is 18.2. The van der Waals surface area contributed by atoms with Crippen LogP contribution in [0.1, 0.15) is 0 Å². The summed E-state index contributed by atoms with van der Waals surface area (Å²) in [4.78, 5) is 13.3. The van der Waals surface area contributed by atoms with Crippen LogP contribution in [0.5, 0.6) is 0 Å². The maximum absolute atomic E-state index is 13.9. The van der Waals surface area contributed by atoms with Gasteiger partial charge in [-0.2, -0.15) is 8.61 Å². The lowest BCUT2D eigenvalue weighted by molar-refractivity contribution is -0.132. The summed E-state index contributed by atoms with van der Waals surface area (Å²) < 4.78 is 79.3. The molecular weight excluding hydrogens is 452 g/mol. The molecule has 3 rings (SSSR count). The van der Waals surface area contributed by atoms with E-state index in [2.05, 4.69) is 0 Å². The van der Waals surface area contributed by atoms with Crippen LogP contribution in [0.25, 0.3) is 0 Å². The highest BCUT2D eigenvalue weighted by Crippen LogP contribution is 2.22. The molecule has 0 atom stereocenters. The van der Waals surface area contributed by atoms with E-state index in [0.29, 0.717) is 6.07 Å². The van der Waals surface area contributed by atoms with Gasteiger partial charge in [-0.05, 0) is 24.3 Å². The van der Waals surface area contributed by atoms with Crippen molar-refractivity contribution < 1.29 is 30.4 Å². The summed E-state index contributed by atoms with van der Waals surface area (Å²) in [5, 5.41) is 0. The number of carbonyl (C=O) groups excluding carboxylic acids is 1. The molecule has 1 aliphatic rings. The van der Waals surface area contributed by atoms with E-state index in [4.69, 9.17) is 0 Å². The first-order chi connectivity index (χ1) is 14.5. The van der Waals surface area contributed by atoms with Gasteiger partial charge in [0.25, 0.3) is 0 Å². The molecule has 0 aromatic heterocycles. The standard InChI is InChI=1S/C19H21F2N3O5S2/c1-22(30(26,27)16-5-3-2-4-6-16)14-19(25)23-9-11-24(12-10-23)31(28,29)18-8-7-15(20)13-17(18)21/h2-8,13H,9-12,14H2,1H3. The molecule has 12 heteroatoms. The number of carbonyl (C=O) groups is 1. The van der Waals surface area contributed by atoms with Crippen LogP contribution in [0.3, 0.4) is 0 Å². The highest BCUT2D eigenvalue weighted by molar-refractivity contribution is 7.89. The van der Waals surface area contributed by atoms with Crippen LogP contribution < -0.4 is 0 Å². The molecule has 0 unspecified atom stereocenters. The van der Waals surface area contributed by atoms with Crippen molar-refractivity contribution in [1.29, 1.82) is 0 Å². The third kappa shape index (κ3) is 4.92. The highest BCUT2D eigenvalue weighted by atomic mass is 32.2. The number of sulfonamides is 2. The number of likely N-dealkylation sites (N-methyl/N-ethyl adjacent to an activating group) is 1. The number of hydrogen-bond donors (Lipinski definition) is 0. The van der Waals surface area contributed by atoms with Gasteiger partial charge in [0, 0.05) is 39.3 Å². The number of nitrogens with zero attached hydrogens (tertiary/aromatic N) is 3. The second kappa shape index (κ2) is 8.99. The Hall–Kier alpha value is -2.41. The van der Waals surface area contributed by atoms with Gasteiger partial charge in [-0.3, -0.25) is 4.79 Å². The number of rotatable bonds is 6. The first-order valence-corrected chi connectivity index (χ1v) is 12.2. The van der Waals surface area contributed by atoms with Crippen LogP contribution in [0, 0.1) is 11.6 Å². The first kappa shape index (κ1) is 23.3. The quantitative estimate of drug-likeness (QED) is 0.627. The molecule has 0 spiro atoms. The Labute approximate surface area is 179 Å². The van der Waals surface area contributed by atoms with Crippen molar-refractivity contribution in [3.05, 3.63) is 60.2 Å². The Balaban J connectivity index is 1.63. The van der Waals surface area contributed by atoms with Gasteiger partial charge in [0.05, 0.1) is 11.4 Å². The summed E-state index contributed by atoms with van der Waals surface area (Å²) in [5.74, 6) is -2.56. The summed E-state index contributed by atoms with van der Waals surface area (Å²) in [7, 11) is -6.75. The molecule has 0 N–H and O–H groups in total. The minimum absolute atomic E-state index is 0.0140. The third-order valence-corrected chi connectivity index (χ3v) is 8.66. The van der Waals surface area contributed by atoms with Crippen molar-refractivity contribution in [2.45, 2.75) is 9.79 Å². The maximum atomic E-state index is 13.9. The smallest absolute Gasteiger partial charge is 0.246 e. The van der Waals surface area contributed by atoms with Crippen LogP contribution in [0.15, 0.2) is 58.3 Å². The molecule has 8 nitrogen and oxygen atoms in total. The average Bonchev–Trinajstić information content (AvgIpc) is 2.74. The fourth-order valence-electron chi connectivity index (χ4n) is 3.15. The topological polar surface area (TPSA) is 95.1 Å². The van der Waals surface area contributed by atoms with E-state index in [-0.39, 0.29) is 31.1 Å². The van der Waals surface area contributed by atoms with Gasteiger partial charge in [-0.15, -0.1) is 0 Å². The minimum atomic E-state index is -4.19. The lowest BCUT2D eigenvalue weighted by Crippen LogP contribution is -2.52. The van der Waals surface area contributed by atoms with Gasteiger partial charge in [0.1, 0.15) is 16.5 Å². The summed E-state index contributed by atoms with van der Waals surface area (Å²) in [5.41, 5.74) is 0. The lowest BCUT2D eigenvalue weighted by Gasteiger charge is -2.34. The average molecular weight is 474 g/mol. The van der Waals surface area contributed by atoms with Gasteiger partial charge in [0.15, 0.2) is 0 Å². The maximum Gasteiger partial charge on any atom is 0.246 e. The van der Waals surface area contributed by atoms with E-state index >= 15 is 0 Å². The Kier molecular flexibility index (Phi) is 6.74. The van der Waals surface area contributed by atoms with Crippen molar-refractivity contribution in [2.75, 3.05) is 39.8 Å². The molecule has 1 saturated heterocycles. The van der Waals surface area contributed by atoms with E-state index in [0.717, 1.165) is 20.7 Å². The number of amides is 1. The SMILES string of the molecule is CN(CC(=O)N1CCN(S(=O)(=O)c2ccc(F)cc2F)CC1)S(=O)(=O)c1ccccc1. The van der Waals surface area contributed by atoms with E-state index < -0.39 is 49.0 Å². The summed E-state index contributed by atoms with van der Waals surface area (Å²) in [6, 6.07) is 9.90. The molecule has 1 heterocycles. The third-order valence-electron chi connectivity index (χ3n) is 4.91. The van der Waals surface area contributed by atoms with E-state index in [9.17, 15) is 30.4 Å². The molecule has 0 aliphatic carbocycles. The van der Waals surface area contributed by atoms with Gasteiger partial charge < -0.3 is 4.90 Å². The van der Waals surface area contributed by atoms with Crippen LogP contribution in [0.4, 0.5) is 8.78 Å². The van der Waals surface area contributed by atoms with Crippen molar-refractivity contribution in [3.63, 3.8) is 0 Å². The van der Waals surface area contributed by atoms with E-state index in [1.165, 1.54) is 24.1 Å². The molecule has 168 valence electrons. The van der Waals surface area contributed by atoms with Crippen LogP contribution in [0.2, 0.25) is 0 Å². The summed E-state index contributed by atoms with van der Waals surface area (Å²) in [6.45, 7) is -0.573. The van der Waals surface area contributed by atoms with Crippen LogP contribution in [-0.2, 0) is 24.8 Å². The van der Waals surface area contributed by atoms with Crippen molar-refractivity contribution in [1.82, 2.24) is 13.5 Å². The van der Waals surface area contributed by atoms with Crippen molar-refractivity contribution in [2.24, 2.45) is 0 Å². The number of benzene rings is 2. The molecule has 0 bridgehead atoms. The molecule has 1 fully saturated rings. The Bertz CT molecular complexity index is 1170. The molecule has 0 saturated carbocycles. The Morgan fingerprint density at radius 2 is 1.58 bits per heavy atom. The minimum Gasteiger partial charge on any atom is -0.339 e. The fourth-order valence-corrected chi connectivity index (χ4v) is 5.76. The largest absolute Gasteiger partial charge is 0.339 e. The predicted molar refractivity (Wildman–Crippen MR) is 108 cm³/mol. The van der Waals surface area contributed by atoms with E-state index in [1.54, 1.807) is 18.2 Å². The molecular formula is C19H21F2N3O5S2. The Morgan fingerprint density at radius 1 is 0.968 bits per heavy atom. The molecule has 0 radical (unpaired) electrons.